The first-order valence-electron chi connectivity index (χ1n) is 7.73. The molecule has 0 N–H and O–H groups in total. The van der Waals surface area contributed by atoms with Gasteiger partial charge in [0.2, 0.25) is 0 Å². The molecule has 0 spiro atoms. The fourth-order valence-electron chi connectivity index (χ4n) is 1.99. The standard InChI is InChI=1S/C18H21O5P/c1-2-21-18(19)15-24(20,22-13-16-9-5-3-6-10-16)23-14-17-11-7-4-8-12-17/h3-12H,2,13-15H2,1H3. The lowest BCUT2D eigenvalue weighted by Gasteiger charge is -2.18. The van der Waals surface area contributed by atoms with Crippen molar-refractivity contribution >= 4 is 13.6 Å². The van der Waals surface area contributed by atoms with Gasteiger partial charge in [0.25, 0.3) is 0 Å². The first kappa shape index (κ1) is 18.4. The fraction of sp³-hybridized carbons (Fsp3) is 0.278. The smallest absolute Gasteiger partial charge is 0.342 e. The second-order valence-corrected chi connectivity index (χ2v) is 7.15. The summed E-state index contributed by atoms with van der Waals surface area (Å²) in [5, 5.41) is 0. The third kappa shape index (κ3) is 6.28. The minimum absolute atomic E-state index is 0.103. The number of hydrogen-bond acceptors (Lipinski definition) is 5. The lowest BCUT2D eigenvalue weighted by atomic mass is 10.2. The van der Waals surface area contributed by atoms with Gasteiger partial charge in [-0.05, 0) is 18.1 Å². The summed E-state index contributed by atoms with van der Waals surface area (Å²) in [6.45, 7) is 2.12. The molecule has 0 atom stereocenters. The van der Waals surface area contributed by atoms with Crippen molar-refractivity contribution in [2.24, 2.45) is 0 Å². The van der Waals surface area contributed by atoms with Gasteiger partial charge in [-0.2, -0.15) is 0 Å². The maximum atomic E-state index is 12.9. The van der Waals surface area contributed by atoms with Crippen LogP contribution in [0.15, 0.2) is 60.7 Å². The normalized spacial score (nSPS) is 11.2. The summed E-state index contributed by atoms with van der Waals surface area (Å²) in [7, 11) is -3.61. The molecule has 0 aromatic heterocycles. The van der Waals surface area contributed by atoms with Gasteiger partial charge in [-0.25, -0.2) is 0 Å². The second-order valence-electron chi connectivity index (χ2n) is 5.09. The minimum atomic E-state index is -3.61. The molecule has 0 aliphatic rings. The molecule has 0 saturated heterocycles. The zero-order valence-corrected chi connectivity index (χ0v) is 14.5. The summed E-state index contributed by atoms with van der Waals surface area (Å²) in [5.74, 6) is -0.595. The molecule has 5 nitrogen and oxygen atoms in total. The molecule has 0 bridgehead atoms. The van der Waals surface area contributed by atoms with Crippen LogP contribution in [0.2, 0.25) is 0 Å². The number of carbonyl (C=O) groups is 1. The van der Waals surface area contributed by atoms with Crippen LogP contribution in [0.25, 0.3) is 0 Å². The molecule has 2 rings (SSSR count). The van der Waals surface area contributed by atoms with Crippen molar-refractivity contribution in [3.05, 3.63) is 71.8 Å². The molecule has 0 fully saturated rings. The van der Waals surface area contributed by atoms with Gasteiger partial charge in [0.15, 0.2) is 0 Å². The van der Waals surface area contributed by atoms with E-state index in [0.29, 0.717) is 0 Å². The molecule has 0 aliphatic heterocycles. The molecule has 128 valence electrons. The summed E-state index contributed by atoms with van der Waals surface area (Å²) < 4.78 is 28.7. The average molecular weight is 348 g/mol. The summed E-state index contributed by atoms with van der Waals surface area (Å²) in [4.78, 5) is 11.7. The van der Waals surface area contributed by atoms with Gasteiger partial charge in [-0.1, -0.05) is 60.7 Å². The van der Waals surface area contributed by atoms with Crippen molar-refractivity contribution < 1.29 is 23.1 Å². The predicted molar refractivity (Wildman–Crippen MR) is 91.6 cm³/mol. The Kier molecular flexibility index (Phi) is 7.19. The van der Waals surface area contributed by atoms with Crippen LogP contribution in [0, 0.1) is 0 Å². The minimum Gasteiger partial charge on any atom is -0.466 e. The molecule has 0 amide bonds. The SMILES string of the molecule is CCOC(=O)CP(=O)(OCc1ccccc1)OCc1ccccc1. The molecular weight excluding hydrogens is 327 g/mol. The van der Waals surface area contributed by atoms with Gasteiger partial charge in [0, 0.05) is 0 Å². The molecule has 0 saturated carbocycles. The molecular formula is C18H21O5P. The van der Waals surface area contributed by atoms with E-state index >= 15 is 0 Å². The lowest BCUT2D eigenvalue weighted by molar-refractivity contribution is -0.140. The monoisotopic (exact) mass is 348 g/mol. The van der Waals surface area contributed by atoms with Crippen LogP contribution in [0.4, 0.5) is 0 Å². The number of hydrogen-bond donors (Lipinski definition) is 0. The Balaban J connectivity index is 2.02. The van der Waals surface area contributed by atoms with E-state index < -0.39 is 19.7 Å². The van der Waals surface area contributed by atoms with Crippen LogP contribution in [0.3, 0.4) is 0 Å². The fourth-order valence-corrected chi connectivity index (χ4v) is 3.34. The van der Waals surface area contributed by atoms with Crippen LogP contribution in [0.1, 0.15) is 18.1 Å². The van der Waals surface area contributed by atoms with Crippen LogP contribution < -0.4 is 0 Å². The van der Waals surface area contributed by atoms with Gasteiger partial charge in [-0.3, -0.25) is 9.36 Å². The van der Waals surface area contributed by atoms with E-state index in [1.807, 2.05) is 60.7 Å². The van der Waals surface area contributed by atoms with Gasteiger partial charge < -0.3 is 13.8 Å². The Morgan fingerprint density at radius 1 is 0.875 bits per heavy atom. The van der Waals surface area contributed by atoms with Crippen molar-refractivity contribution in [1.82, 2.24) is 0 Å². The molecule has 24 heavy (non-hydrogen) atoms. The van der Waals surface area contributed by atoms with E-state index in [9.17, 15) is 9.36 Å². The number of ether oxygens (including phenoxy) is 1. The topological polar surface area (TPSA) is 61.8 Å². The third-order valence-electron chi connectivity index (χ3n) is 3.17. The highest BCUT2D eigenvalue weighted by atomic mass is 31.2. The average Bonchev–Trinajstić information content (AvgIpc) is 2.60. The Morgan fingerprint density at radius 2 is 1.33 bits per heavy atom. The van der Waals surface area contributed by atoms with Crippen molar-refractivity contribution in [3.63, 3.8) is 0 Å². The van der Waals surface area contributed by atoms with E-state index in [-0.39, 0.29) is 19.8 Å². The number of esters is 1. The van der Waals surface area contributed by atoms with Crippen LogP contribution in [-0.4, -0.2) is 18.7 Å². The molecule has 6 heteroatoms. The van der Waals surface area contributed by atoms with Crippen molar-refractivity contribution in [1.29, 1.82) is 0 Å². The van der Waals surface area contributed by atoms with E-state index in [1.165, 1.54) is 0 Å². The Morgan fingerprint density at radius 3 is 1.75 bits per heavy atom. The lowest BCUT2D eigenvalue weighted by Crippen LogP contribution is -2.13. The van der Waals surface area contributed by atoms with Gasteiger partial charge in [0.05, 0.1) is 19.8 Å². The number of carbonyl (C=O) groups excluding carboxylic acids is 1. The molecule has 2 aromatic carbocycles. The molecule has 0 radical (unpaired) electrons. The van der Waals surface area contributed by atoms with Crippen molar-refractivity contribution in [2.75, 3.05) is 12.8 Å². The van der Waals surface area contributed by atoms with E-state index in [1.54, 1.807) is 6.92 Å². The maximum Gasteiger partial charge on any atom is 0.342 e. The first-order valence-corrected chi connectivity index (χ1v) is 9.46. The van der Waals surface area contributed by atoms with E-state index in [2.05, 4.69) is 0 Å². The summed E-state index contributed by atoms with van der Waals surface area (Å²) in [6.07, 6.45) is -0.402. The van der Waals surface area contributed by atoms with Gasteiger partial charge >= 0.3 is 13.6 Å². The predicted octanol–water partition coefficient (Wildman–Crippen LogP) is 4.18. The van der Waals surface area contributed by atoms with Crippen LogP contribution in [-0.2, 0) is 36.4 Å². The summed E-state index contributed by atoms with van der Waals surface area (Å²) in [5.41, 5.74) is 1.70. The second kappa shape index (κ2) is 9.38. The summed E-state index contributed by atoms with van der Waals surface area (Å²) in [6, 6.07) is 18.6. The zero-order chi connectivity index (χ0) is 17.3. The summed E-state index contributed by atoms with van der Waals surface area (Å²) >= 11 is 0. The zero-order valence-electron chi connectivity index (χ0n) is 13.6. The third-order valence-corrected chi connectivity index (χ3v) is 4.86. The van der Waals surface area contributed by atoms with Crippen LogP contribution >= 0.6 is 7.60 Å². The first-order chi connectivity index (χ1) is 11.6. The number of benzene rings is 2. The largest absolute Gasteiger partial charge is 0.466 e. The Bertz CT molecular complexity index is 625. The maximum absolute atomic E-state index is 12.9. The molecule has 0 aliphatic carbocycles. The quantitative estimate of drug-likeness (QED) is 0.503. The van der Waals surface area contributed by atoms with Crippen molar-refractivity contribution in [3.8, 4) is 0 Å². The van der Waals surface area contributed by atoms with Gasteiger partial charge in [0.1, 0.15) is 6.16 Å². The Labute approximate surface area is 142 Å². The van der Waals surface area contributed by atoms with E-state index in [4.69, 9.17) is 13.8 Å². The molecule has 0 heterocycles. The number of rotatable bonds is 9. The van der Waals surface area contributed by atoms with Crippen LogP contribution in [0.5, 0.6) is 0 Å². The van der Waals surface area contributed by atoms with Crippen molar-refractivity contribution in [2.45, 2.75) is 20.1 Å². The molecule has 2 aromatic rings. The highest BCUT2D eigenvalue weighted by molar-refractivity contribution is 7.54. The Hall–Kier alpha value is -1.94. The highest BCUT2D eigenvalue weighted by Gasteiger charge is 2.29. The van der Waals surface area contributed by atoms with Gasteiger partial charge in [-0.15, -0.1) is 0 Å². The highest BCUT2D eigenvalue weighted by Crippen LogP contribution is 2.49. The molecule has 0 unspecified atom stereocenters. The van der Waals surface area contributed by atoms with E-state index in [0.717, 1.165) is 11.1 Å².